The number of hydrogen-bond donors (Lipinski definition) is 0. The Morgan fingerprint density at radius 2 is 1.75 bits per heavy atom. The van der Waals surface area contributed by atoms with Gasteiger partial charge >= 0.3 is 0 Å². The van der Waals surface area contributed by atoms with E-state index in [1.807, 2.05) is 32.0 Å². The van der Waals surface area contributed by atoms with Gasteiger partial charge in [0.25, 0.3) is 0 Å². The second kappa shape index (κ2) is 4.82. The Labute approximate surface area is 98.9 Å². The summed E-state index contributed by atoms with van der Waals surface area (Å²) in [5.41, 5.74) is 1.94. The van der Waals surface area contributed by atoms with Crippen molar-refractivity contribution in [2.24, 2.45) is 11.3 Å². The molecule has 0 saturated carbocycles. The molecule has 1 unspecified atom stereocenters. The molecular formula is C15H22O. The molecule has 1 aliphatic rings. The molecule has 1 aliphatic carbocycles. The molecule has 0 aliphatic heterocycles. The summed E-state index contributed by atoms with van der Waals surface area (Å²) in [6.45, 7) is 10.3. The molecule has 16 heavy (non-hydrogen) atoms. The summed E-state index contributed by atoms with van der Waals surface area (Å²) in [5, 5.41) is 0. The number of rotatable bonds is 0. The third-order valence-electron chi connectivity index (χ3n) is 3.61. The normalized spacial score (nSPS) is 21.8. The predicted molar refractivity (Wildman–Crippen MR) is 68.8 cm³/mol. The molecule has 1 aromatic rings. The van der Waals surface area contributed by atoms with Crippen molar-refractivity contribution in [3.05, 3.63) is 35.4 Å². The van der Waals surface area contributed by atoms with E-state index in [2.05, 4.69) is 26.8 Å². The molecule has 0 amide bonds. The van der Waals surface area contributed by atoms with Crippen molar-refractivity contribution < 1.29 is 4.79 Å². The number of benzene rings is 1. The van der Waals surface area contributed by atoms with Crippen LogP contribution in [-0.2, 0) is 6.42 Å². The average Bonchev–Trinajstić information content (AvgIpc) is 2.30. The van der Waals surface area contributed by atoms with Crippen LogP contribution in [0.2, 0.25) is 0 Å². The van der Waals surface area contributed by atoms with E-state index < -0.39 is 0 Å². The highest BCUT2D eigenvalue weighted by atomic mass is 16.1. The Balaban J connectivity index is 0.000000606. The van der Waals surface area contributed by atoms with Crippen molar-refractivity contribution in [2.45, 2.75) is 41.0 Å². The highest BCUT2D eigenvalue weighted by Crippen LogP contribution is 2.38. The molecule has 0 saturated heterocycles. The molecule has 2 rings (SSSR count). The van der Waals surface area contributed by atoms with Crippen LogP contribution in [0.5, 0.6) is 0 Å². The summed E-state index contributed by atoms with van der Waals surface area (Å²) in [6, 6.07) is 7.98. The second-order valence-electron chi connectivity index (χ2n) is 4.81. The molecule has 0 heterocycles. The summed E-state index contributed by atoms with van der Waals surface area (Å²) < 4.78 is 0. The van der Waals surface area contributed by atoms with Gasteiger partial charge in [-0.1, -0.05) is 58.9 Å². The molecule has 88 valence electrons. The Kier molecular flexibility index (Phi) is 3.90. The Hall–Kier alpha value is -1.11. The fourth-order valence-electron chi connectivity index (χ4n) is 2.08. The van der Waals surface area contributed by atoms with Crippen molar-refractivity contribution >= 4 is 5.78 Å². The van der Waals surface area contributed by atoms with Crippen LogP contribution in [0.25, 0.3) is 0 Å². The molecule has 1 nitrogen and oxygen atoms in total. The van der Waals surface area contributed by atoms with Gasteiger partial charge in [0, 0.05) is 11.0 Å². The zero-order chi connectivity index (χ0) is 12.3. The van der Waals surface area contributed by atoms with Crippen LogP contribution >= 0.6 is 0 Å². The maximum absolute atomic E-state index is 12.1. The van der Waals surface area contributed by atoms with E-state index in [1.54, 1.807) is 0 Å². The van der Waals surface area contributed by atoms with Crippen LogP contribution in [0, 0.1) is 11.3 Å². The lowest BCUT2D eigenvalue weighted by Crippen LogP contribution is -2.37. The van der Waals surface area contributed by atoms with Crippen molar-refractivity contribution in [3.8, 4) is 0 Å². The second-order valence-corrected chi connectivity index (χ2v) is 4.81. The largest absolute Gasteiger partial charge is 0.294 e. The van der Waals surface area contributed by atoms with Crippen LogP contribution in [0.15, 0.2) is 24.3 Å². The zero-order valence-electron chi connectivity index (χ0n) is 11.0. The molecule has 1 heteroatoms. The van der Waals surface area contributed by atoms with Crippen LogP contribution in [0.3, 0.4) is 0 Å². The smallest absolute Gasteiger partial charge is 0.169 e. The summed E-state index contributed by atoms with van der Waals surface area (Å²) in [5.74, 6) is 0.733. The molecule has 1 atom stereocenters. The first-order valence-corrected chi connectivity index (χ1v) is 6.16. The van der Waals surface area contributed by atoms with E-state index in [1.165, 1.54) is 5.56 Å². The molecule has 1 aromatic carbocycles. The first-order valence-electron chi connectivity index (χ1n) is 6.16. The SMILES string of the molecule is CC.CC1Cc2ccccc2C(=O)C1(C)C. The summed E-state index contributed by atoms with van der Waals surface area (Å²) in [6.07, 6.45) is 1.02. The summed E-state index contributed by atoms with van der Waals surface area (Å²) in [4.78, 5) is 12.1. The molecule has 0 N–H and O–H groups in total. The van der Waals surface area contributed by atoms with E-state index in [0.29, 0.717) is 11.7 Å². The van der Waals surface area contributed by atoms with Crippen molar-refractivity contribution in [3.63, 3.8) is 0 Å². The number of fused-ring (bicyclic) bond motifs is 1. The number of carbonyl (C=O) groups excluding carboxylic acids is 1. The maximum atomic E-state index is 12.1. The molecule has 0 spiro atoms. The number of Topliss-reactive ketones (excluding diaryl/α,β-unsaturated/α-hetero) is 1. The maximum Gasteiger partial charge on any atom is 0.169 e. The molecule has 0 radical (unpaired) electrons. The summed E-state index contributed by atoms with van der Waals surface area (Å²) in [7, 11) is 0. The minimum absolute atomic E-state index is 0.200. The van der Waals surface area contributed by atoms with Crippen LogP contribution in [-0.4, -0.2) is 5.78 Å². The highest BCUT2D eigenvalue weighted by molar-refractivity contribution is 6.02. The quantitative estimate of drug-likeness (QED) is 0.640. The monoisotopic (exact) mass is 218 g/mol. The lowest BCUT2D eigenvalue weighted by atomic mass is 9.67. The van der Waals surface area contributed by atoms with E-state index in [-0.39, 0.29) is 5.41 Å². The Morgan fingerprint density at radius 3 is 2.38 bits per heavy atom. The summed E-state index contributed by atoms with van der Waals surface area (Å²) >= 11 is 0. The standard InChI is InChI=1S/C13H16O.C2H6/c1-9-8-10-6-4-5-7-11(10)12(14)13(9,2)3;1-2/h4-7,9H,8H2,1-3H3;1-2H3. The van der Waals surface area contributed by atoms with E-state index >= 15 is 0 Å². The number of ketones is 1. The van der Waals surface area contributed by atoms with E-state index in [0.717, 1.165) is 12.0 Å². The molecule has 0 aromatic heterocycles. The van der Waals surface area contributed by atoms with Gasteiger partial charge in [0.05, 0.1) is 0 Å². The van der Waals surface area contributed by atoms with Gasteiger partial charge in [-0.2, -0.15) is 0 Å². The van der Waals surface area contributed by atoms with Crippen LogP contribution < -0.4 is 0 Å². The fourth-order valence-corrected chi connectivity index (χ4v) is 2.08. The minimum atomic E-state index is -0.200. The third kappa shape index (κ3) is 2.04. The van der Waals surface area contributed by atoms with Crippen LogP contribution in [0.4, 0.5) is 0 Å². The van der Waals surface area contributed by atoms with Gasteiger partial charge in [0.1, 0.15) is 0 Å². The predicted octanol–water partition coefficient (Wildman–Crippen LogP) is 4.11. The van der Waals surface area contributed by atoms with Gasteiger partial charge in [-0.05, 0) is 17.9 Å². The first-order chi connectivity index (χ1) is 7.53. The van der Waals surface area contributed by atoms with Crippen LogP contribution in [0.1, 0.15) is 50.5 Å². The Bertz CT molecular complexity index is 377. The van der Waals surface area contributed by atoms with Crippen molar-refractivity contribution in [2.75, 3.05) is 0 Å². The van der Waals surface area contributed by atoms with Gasteiger partial charge in [0.2, 0.25) is 0 Å². The molecule has 0 fully saturated rings. The van der Waals surface area contributed by atoms with Gasteiger partial charge in [0.15, 0.2) is 5.78 Å². The lowest BCUT2D eigenvalue weighted by Gasteiger charge is -2.35. The number of hydrogen-bond acceptors (Lipinski definition) is 1. The highest BCUT2D eigenvalue weighted by Gasteiger charge is 2.39. The Morgan fingerprint density at radius 1 is 1.19 bits per heavy atom. The van der Waals surface area contributed by atoms with Gasteiger partial charge in [-0.3, -0.25) is 4.79 Å². The topological polar surface area (TPSA) is 17.1 Å². The third-order valence-corrected chi connectivity index (χ3v) is 3.61. The molecular weight excluding hydrogens is 196 g/mol. The zero-order valence-corrected chi connectivity index (χ0v) is 11.0. The number of carbonyl (C=O) groups is 1. The first kappa shape index (κ1) is 13.0. The van der Waals surface area contributed by atoms with Gasteiger partial charge in [-0.25, -0.2) is 0 Å². The van der Waals surface area contributed by atoms with Gasteiger partial charge in [-0.15, -0.1) is 0 Å². The van der Waals surface area contributed by atoms with Gasteiger partial charge < -0.3 is 0 Å². The van der Waals surface area contributed by atoms with E-state index in [9.17, 15) is 4.79 Å². The van der Waals surface area contributed by atoms with Crippen molar-refractivity contribution in [1.82, 2.24) is 0 Å². The lowest BCUT2D eigenvalue weighted by molar-refractivity contribution is 0.0732. The molecule has 0 bridgehead atoms. The average molecular weight is 218 g/mol. The van der Waals surface area contributed by atoms with E-state index in [4.69, 9.17) is 0 Å². The fraction of sp³-hybridized carbons (Fsp3) is 0.533. The van der Waals surface area contributed by atoms with Crippen molar-refractivity contribution in [1.29, 1.82) is 0 Å². The minimum Gasteiger partial charge on any atom is -0.294 e.